The van der Waals surface area contributed by atoms with E-state index in [2.05, 4.69) is 5.32 Å². The van der Waals surface area contributed by atoms with Crippen molar-refractivity contribution in [1.29, 1.82) is 0 Å². The Morgan fingerprint density at radius 1 is 1.47 bits per heavy atom. The molecule has 1 aromatic rings. The van der Waals surface area contributed by atoms with Crippen LogP contribution < -0.4 is 11.1 Å². The lowest BCUT2D eigenvalue weighted by Crippen LogP contribution is -2.27. The molecule has 0 aliphatic carbocycles. The van der Waals surface area contributed by atoms with E-state index in [1.807, 2.05) is 6.92 Å². The largest absolute Gasteiger partial charge is 0.508 e. The van der Waals surface area contributed by atoms with Gasteiger partial charge < -0.3 is 15.6 Å². The number of aromatic hydroxyl groups is 1. The molecule has 0 bridgehead atoms. The maximum atomic E-state index is 11.6. The van der Waals surface area contributed by atoms with Crippen LogP contribution in [0.5, 0.6) is 5.75 Å². The molecule has 4 N–H and O–H groups in total. The van der Waals surface area contributed by atoms with Crippen molar-refractivity contribution in [3.63, 3.8) is 0 Å². The smallest absolute Gasteiger partial charge is 0.412 e. The molecule has 0 spiro atoms. The molecule has 0 heterocycles. The van der Waals surface area contributed by atoms with E-state index >= 15 is 0 Å². The molecule has 0 aromatic heterocycles. The summed E-state index contributed by atoms with van der Waals surface area (Å²) >= 11 is 0. The number of hydrogen-bond acceptors (Lipinski definition) is 4. The van der Waals surface area contributed by atoms with Crippen molar-refractivity contribution in [2.24, 2.45) is 5.73 Å². The zero-order valence-corrected chi connectivity index (χ0v) is 11.9. The van der Waals surface area contributed by atoms with Crippen molar-refractivity contribution in [3.05, 3.63) is 23.8 Å². The number of ether oxygens (including phenoxy) is 1. The van der Waals surface area contributed by atoms with Crippen molar-refractivity contribution in [2.45, 2.75) is 45.8 Å². The van der Waals surface area contributed by atoms with Crippen LogP contribution in [-0.4, -0.2) is 22.8 Å². The zero-order chi connectivity index (χ0) is 14.6. The number of phenolic OH excluding ortho intramolecular Hbond substituents is 1. The van der Waals surface area contributed by atoms with Gasteiger partial charge in [-0.1, -0.05) is 0 Å². The molecule has 0 saturated heterocycles. The predicted molar refractivity (Wildman–Crippen MR) is 75.3 cm³/mol. The topological polar surface area (TPSA) is 84.6 Å². The summed E-state index contributed by atoms with van der Waals surface area (Å²) < 4.78 is 5.16. The molecule has 0 saturated carbocycles. The van der Waals surface area contributed by atoms with Crippen LogP contribution in [0.4, 0.5) is 10.5 Å². The Kier molecular flexibility index (Phi) is 4.78. The standard InChI is InChI=1S/C14H22N2O3/c1-9(15)7-10-8-11(5-6-12(10)17)16-13(18)19-14(2,3)4/h5-6,8-9,17H,7,15H2,1-4H3,(H,16,18). The lowest BCUT2D eigenvalue weighted by atomic mass is 10.1. The summed E-state index contributed by atoms with van der Waals surface area (Å²) in [5, 5.41) is 12.3. The lowest BCUT2D eigenvalue weighted by molar-refractivity contribution is 0.0636. The van der Waals surface area contributed by atoms with Gasteiger partial charge >= 0.3 is 6.09 Å². The molecular formula is C14H22N2O3. The van der Waals surface area contributed by atoms with E-state index in [-0.39, 0.29) is 11.8 Å². The fourth-order valence-electron chi connectivity index (χ4n) is 1.60. The van der Waals surface area contributed by atoms with Gasteiger partial charge in [-0.25, -0.2) is 4.79 Å². The Bertz CT molecular complexity index is 450. The van der Waals surface area contributed by atoms with E-state index in [4.69, 9.17) is 10.5 Å². The minimum absolute atomic E-state index is 0.0670. The predicted octanol–water partition coefficient (Wildman–Crippen LogP) is 2.63. The van der Waals surface area contributed by atoms with E-state index in [0.717, 1.165) is 0 Å². The van der Waals surface area contributed by atoms with Crippen molar-refractivity contribution in [3.8, 4) is 5.75 Å². The van der Waals surface area contributed by atoms with Crippen molar-refractivity contribution >= 4 is 11.8 Å². The summed E-state index contributed by atoms with van der Waals surface area (Å²) in [4.78, 5) is 11.6. The molecule has 0 radical (unpaired) electrons. The number of carbonyl (C=O) groups is 1. The van der Waals surface area contributed by atoms with Crippen LogP contribution in [0.15, 0.2) is 18.2 Å². The van der Waals surface area contributed by atoms with Crippen LogP contribution in [0.2, 0.25) is 0 Å². The van der Waals surface area contributed by atoms with Gasteiger partial charge in [0, 0.05) is 11.7 Å². The monoisotopic (exact) mass is 266 g/mol. The Balaban J connectivity index is 2.77. The first-order chi connectivity index (χ1) is 8.67. The Morgan fingerprint density at radius 2 is 2.11 bits per heavy atom. The highest BCUT2D eigenvalue weighted by molar-refractivity contribution is 5.85. The van der Waals surface area contributed by atoms with Crippen LogP contribution in [0.1, 0.15) is 33.3 Å². The van der Waals surface area contributed by atoms with Gasteiger partial charge in [-0.3, -0.25) is 5.32 Å². The highest BCUT2D eigenvalue weighted by atomic mass is 16.6. The number of benzene rings is 1. The summed E-state index contributed by atoms with van der Waals surface area (Å²) in [6.07, 6.45) is 0.0142. The highest BCUT2D eigenvalue weighted by Crippen LogP contribution is 2.23. The molecular weight excluding hydrogens is 244 g/mol. The molecule has 1 rings (SSSR count). The Morgan fingerprint density at radius 3 is 2.63 bits per heavy atom. The average molecular weight is 266 g/mol. The van der Waals surface area contributed by atoms with Gasteiger partial charge in [0.2, 0.25) is 0 Å². The minimum Gasteiger partial charge on any atom is -0.508 e. The van der Waals surface area contributed by atoms with E-state index < -0.39 is 11.7 Å². The second-order valence-electron chi connectivity index (χ2n) is 5.65. The summed E-state index contributed by atoms with van der Waals surface area (Å²) in [7, 11) is 0. The number of amides is 1. The molecule has 19 heavy (non-hydrogen) atoms. The SMILES string of the molecule is CC(N)Cc1cc(NC(=O)OC(C)(C)C)ccc1O. The van der Waals surface area contributed by atoms with E-state index in [0.29, 0.717) is 17.7 Å². The second-order valence-corrected chi connectivity index (χ2v) is 5.65. The van der Waals surface area contributed by atoms with Gasteiger partial charge in [0.15, 0.2) is 0 Å². The van der Waals surface area contributed by atoms with Gasteiger partial charge in [-0.05, 0) is 57.9 Å². The molecule has 0 aliphatic rings. The molecule has 1 aromatic carbocycles. The fourth-order valence-corrected chi connectivity index (χ4v) is 1.60. The van der Waals surface area contributed by atoms with Crippen LogP contribution in [0.25, 0.3) is 0 Å². The van der Waals surface area contributed by atoms with Crippen LogP contribution >= 0.6 is 0 Å². The average Bonchev–Trinajstić information content (AvgIpc) is 2.19. The number of carbonyl (C=O) groups excluding carboxylic acids is 1. The number of anilines is 1. The summed E-state index contributed by atoms with van der Waals surface area (Å²) in [5.74, 6) is 0.173. The van der Waals surface area contributed by atoms with Gasteiger partial charge in [0.1, 0.15) is 11.4 Å². The van der Waals surface area contributed by atoms with Gasteiger partial charge in [0.05, 0.1) is 0 Å². The van der Waals surface area contributed by atoms with E-state index in [1.165, 1.54) is 6.07 Å². The molecule has 5 heteroatoms. The molecule has 1 amide bonds. The number of rotatable bonds is 3. The van der Waals surface area contributed by atoms with Crippen LogP contribution in [-0.2, 0) is 11.2 Å². The molecule has 0 aliphatic heterocycles. The van der Waals surface area contributed by atoms with Gasteiger partial charge in [-0.2, -0.15) is 0 Å². The molecule has 1 atom stereocenters. The van der Waals surface area contributed by atoms with Crippen LogP contribution in [0.3, 0.4) is 0 Å². The van der Waals surface area contributed by atoms with E-state index in [1.54, 1.807) is 32.9 Å². The zero-order valence-electron chi connectivity index (χ0n) is 11.9. The third-order valence-corrected chi connectivity index (χ3v) is 2.27. The first kappa shape index (κ1) is 15.3. The van der Waals surface area contributed by atoms with Crippen molar-refractivity contribution < 1.29 is 14.6 Å². The van der Waals surface area contributed by atoms with Crippen molar-refractivity contribution in [1.82, 2.24) is 0 Å². The summed E-state index contributed by atoms with van der Waals surface area (Å²) in [5.41, 5.74) is 6.43. The highest BCUT2D eigenvalue weighted by Gasteiger charge is 2.16. The first-order valence-corrected chi connectivity index (χ1v) is 6.25. The number of hydrogen-bond donors (Lipinski definition) is 3. The first-order valence-electron chi connectivity index (χ1n) is 6.25. The van der Waals surface area contributed by atoms with Gasteiger partial charge in [-0.15, -0.1) is 0 Å². The van der Waals surface area contributed by atoms with E-state index in [9.17, 15) is 9.90 Å². The summed E-state index contributed by atoms with van der Waals surface area (Å²) in [6, 6.07) is 4.78. The molecule has 5 nitrogen and oxygen atoms in total. The maximum Gasteiger partial charge on any atom is 0.412 e. The third kappa shape index (κ3) is 5.61. The molecule has 0 fully saturated rings. The second kappa shape index (κ2) is 5.93. The quantitative estimate of drug-likeness (QED) is 0.734. The molecule has 1 unspecified atom stereocenters. The Hall–Kier alpha value is -1.75. The number of phenols is 1. The minimum atomic E-state index is -0.546. The number of nitrogens with one attached hydrogen (secondary N) is 1. The normalized spacial score (nSPS) is 12.9. The third-order valence-electron chi connectivity index (χ3n) is 2.27. The van der Waals surface area contributed by atoms with Gasteiger partial charge in [0.25, 0.3) is 0 Å². The lowest BCUT2D eigenvalue weighted by Gasteiger charge is -2.20. The number of nitrogens with two attached hydrogens (primary N) is 1. The fraction of sp³-hybridized carbons (Fsp3) is 0.500. The van der Waals surface area contributed by atoms with Crippen LogP contribution in [0, 0.1) is 0 Å². The maximum absolute atomic E-state index is 11.6. The Labute approximate surface area is 113 Å². The van der Waals surface area contributed by atoms with Crippen molar-refractivity contribution in [2.75, 3.05) is 5.32 Å². The molecule has 106 valence electrons. The summed E-state index contributed by atoms with van der Waals surface area (Å²) in [6.45, 7) is 7.24.